The van der Waals surface area contributed by atoms with Crippen molar-refractivity contribution in [3.8, 4) is 0 Å². The standard InChI is InChI=1S/C15H33N3/c1-13(2)11-16-12-14(3)17-7-9-18(10-8-17)15(4,5)6/h13-14,16H,7-12H2,1-6H3. The molecule has 1 aliphatic rings. The first-order valence-corrected chi connectivity index (χ1v) is 7.50. The van der Waals surface area contributed by atoms with Crippen LogP contribution in [-0.2, 0) is 0 Å². The van der Waals surface area contributed by atoms with Gasteiger partial charge >= 0.3 is 0 Å². The summed E-state index contributed by atoms with van der Waals surface area (Å²) in [6, 6.07) is 0.658. The van der Waals surface area contributed by atoms with Crippen LogP contribution < -0.4 is 5.32 Å². The quantitative estimate of drug-likeness (QED) is 0.811. The van der Waals surface area contributed by atoms with Crippen LogP contribution in [0, 0.1) is 5.92 Å². The molecule has 0 amide bonds. The molecule has 0 spiro atoms. The zero-order valence-electron chi connectivity index (χ0n) is 13.3. The molecule has 1 atom stereocenters. The van der Waals surface area contributed by atoms with E-state index >= 15 is 0 Å². The lowest BCUT2D eigenvalue weighted by Crippen LogP contribution is -2.56. The van der Waals surface area contributed by atoms with Crippen molar-refractivity contribution in [1.29, 1.82) is 0 Å². The fourth-order valence-corrected chi connectivity index (χ4v) is 2.54. The third-order valence-electron chi connectivity index (χ3n) is 3.88. The Morgan fingerprint density at radius 3 is 1.94 bits per heavy atom. The Morgan fingerprint density at radius 2 is 1.50 bits per heavy atom. The van der Waals surface area contributed by atoms with Crippen molar-refractivity contribution in [1.82, 2.24) is 15.1 Å². The lowest BCUT2D eigenvalue weighted by molar-refractivity contribution is 0.0455. The van der Waals surface area contributed by atoms with Gasteiger partial charge in [-0.2, -0.15) is 0 Å². The van der Waals surface area contributed by atoms with Gasteiger partial charge in [-0.3, -0.25) is 9.80 Å². The lowest BCUT2D eigenvalue weighted by atomic mass is 10.0. The zero-order chi connectivity index (χ0) is 13.8. The van der Waals surface area contributed by atoms with Crippen LogP contribution in [0.1, 0.15) is 41.5 Å². The van der Waals surface area contributed by atoms with E-state index in [9.17, 15) is 0 Å². The molecule has 3 nitrogen and oxygen atoms in total. The minimum Gasteiger partial charge on any atom is -0.315 e. The van der Waals surface area contributed by atoms with Crippen molar-refractivity contribution in [2.45, 2.75) is 53.1 Å². The molecule has 1 rings (SSSR count). The summed E-state index contributed by atoms with van der Waals surface area (Å²) in [4.78, 5) is 5.22. The predicted molar refractivity (Wildman–Crippen MR) is 80.1 cm³/mol. The highest BCUT2D eigenvalue weighted by Crippen LogP contribution is 2.16. The summed E-state index contributed by atoms with van der Waals surface area (Å²) in [7, 11) is 0. The summed E-state index contributed by atoms with van der Waals surface area (Å²) < 4.78 is 0. The molecule has 0 aromatic heterocycles. The summed E-state index contributed by atoms with van der Waals surface area (Å²) >= 11 is 0. The number of nitrogens with zero attached hydrogens (tertiary/aromatic N) is 2. The van der Waals surface area contributed by atoms with Gasteiger partial charge in [0.1, 0.15) is 0 Å². The molecule has 1 heterocycles. The summed E-state index contributed by atoms with van der Waals surface area (Å²) in [5.74, 6) is 0.745. The van der Waals surface area contributed by atoms with E-state index in [0.717, 1.165) is 19.0 Å². The molecule has 0 aliphatic carbocycles. The Balaban J connectivity index is 2.25. The maximum absolute atomic E-state index is 3.57. The van der Waals surface area contributed by atoms with Crippen LogP contribution in [0.4, 0.5) is 0 Å². The topological polar surface area (TPSA) is 18.5 Å². The Morgan fingerprint density at radius 1 is 0.944 bits per heavy atom. The van der Waals surface area contributed by atoms with Gasteiger partial charge in [-0.1, -0.05) is 13.8 Å². The van der Waals surface area contributed by atoms with E-state index in [1.165, 1.54) is 26.2 Å². The van der Waals surface area contributed by atoms with E-state index in [1.807, 2.05) is 0 Å². The molecule has 0 aromatic carbocycles. The third kappa shape index (κ3) is 5.25. The number of hydrogen-bond acceptors (Lipinski definition) is 3. The maximum atomic E-state index is 3.57. The summed E-state index contributed by atoms with van der Waals surface area (Å²) in [6.45, 7) is 20.9. The molecule has 1 N–H and O–H groups in total. The smallest absolute Gasteiger partial charge is 0.0193 e. The van der Waals surface area contributed by atoms with E-state index in [0.29, 0.717) is 11.6 Å². The summed E-state index contributed by atoms with van der Waals surface area (Å²) in [6.07, 6.45) is 0. The van der Waals surface area contributed by atoms with Crippen LogP contribution in [0.3, 0.4) is 0 Å². The molecule has 18 heavy (non-hydrogen) atoms. The molecule has 1 unspecified atom stereocenters. The van der Waals surface area contributed by atoms with Crippen molar-refractivity contribution in [2.24, 2.45) is 5.92 Å². The largest absolute Gasteiger partial charge is 0.315 e. The van der Waals surface area contributed by atoms with Gasteiger partial charge in [0.05, 0.1) is 0 Å². The van der Waals surface area contributed by atoms with E-state index in [1.54, 1.807) is 0 Å². The minimum atomic E-state index is 0.325. The van der Waals surface area contributed by atoms with E-state index in [-0.39, 0.29) is 0 Å². The van der Waals surface area contributed by atoms with Crippen molar-refractivity contribution in [3.63, 3.8) is 0 Å². The monoisotopic (exact) mass is 255 g/mol. The van der Waals surface area contributed by atoms with Crippen LogP contribution >= 0.6 is 0 Å². The fourth-order valence-electron chi connectivity index (χ4n) is 2.54. The van der Waals surface area contributed by atoms with Crippen molar-refractivity contribution < 1.29 is 0 Å². The SMILES string of the molecule is CC(C)CNCC(C)N1CCN(C(C)(C)C)CC1. The van der Waals surface area contributed by atoms with Gasteiger partial charge < -0.3 is 5.32 Å². The average molecular weight is 255 g/mol. The van der Waals surface area contributed by atoms with Crippen LogP contribution in [0.25, 0.3) is 0 Å². The van der Waals surface area contributed by atoms with Crippen LogP contribution in [0.2, 0.25) is 0 Å². The van der Waals surface area contributed by atoms with Gasteiger partial charge in [-0.05, 0) is 40.2 Å². The average Bonchev–Trinajstić information content (AvgIpc) is 2.27. The number of rotatable bonds is 5. The zero-order valence-corrected chi connectivity index (χ0v) is 13.3. The molecule has 0 saturated carbocycles. The number of piperazine rings is 1. The Labute approximate surface area is 114 Å². The van der Waals surface area contributed by atoms with E-state index in [4.69, 9.17) is 0 Å². The third-order valence-corrected chi connectivity index (χ3v) is 3.88. The number of nitrogens with one attached hydrogen (secondary N) is 1. The normalized spacial score (nSPS) is 21.5. The van der Waals surface area contributed by atoms with Gasteiger partial charge in [-0.15, -0.1) is 0 Å². The van der Waals surface area contributed by atoms with Gasteiger partial charge in [-0.25, -0.2) is 0 Å². The molecular weight excluding hydrogens is 222 g/mol. The molecule has 1 fully saturated rings. The Kier molecular flexibility index (Phi) is 6.09. The van der Waals surface area contributed by atoms with Crippen molar-refractivity contribution in [2.75, 3.05) is 39.3 Å². The summed E-state index contributed by atoms with van der Waals surface area (Å²) in [5.41, 5.74) is 0.325. The highest BCUT2D eigenvalue weighted by molar-refractivity contribution is 4.84. The molecule has 0 radical (unpaired) electrons. The van der Waals surface area contributed by atoms with E-state index < -0.39 is 0 Å². The molecule has 108 valence electrons. The van der Waals surface area contributed by atoms with E-state index in [2.05, 4.69) is 56.7 Å². The second kappa shape index (κ2) is 6.88. The second-order valence-corrected chi connectivity index (χ2v) is 7.09. The maximum Gasteiger partial charge on any atom is 0.0193 e. The highest BCUT2D eigenvalue weighted by atomic mass is 15.3. The second-order valence-electron chi connectivity index (χ2n) is 7.09. The van der Waals surface area contributed by atoms with Crippen LogP contribution in [-0.4, -0.2) is 60.6 Å². The van der Waals surface area contributed by atoms with Gasteiger partial charge in [0.25, 0.3) is 0 Å². The molecular formula is C15H33N3. The Bertz CT molecular complexity index is 224. The van der Waals surface area contributed by atoms with Crippen LogP contribution in [0.15, 0.2) is 0 Å². The molecule has 3 heteroatoms. The van der Waals surface area contributed by atoms with Gasteiger partial charge in [0.15, 0.2) is 0 Å². The fraction of sp³-hybridized carbons (Fsp3) is 1.00. The number of hydrogen-bond donors (Lipinski definition) is 1. The van der Waals surface area contributed by atoms with Gasteiger partial charge in [0, 0.05) is 44.3 Å². The van der Waals surface area contributed by atoms with Crippen LogP contribution in [0.5, 0.6) is 0 Å². The van der Waals surface area contributed by atoms with Crippen molar-refractivity contribution in [3.05, 3.63) is 0 Å². The first-order chi connectivity index (χ1) is 8.30. The predicted octanol–water partition coefficient (Wildman–Crippen LogP) is 2.04. The lowest BCUT2D eigenvalue weighted by Gasteiger charge is -2.44. The van der Waals surface area contributed by atoms with Crippen molar-refractivity contribution >= 4 is 0 Å². The first kappa shape index (κ1) is 15.9. The molecule has 0 bridgehead atoms. The minimum absolute atomic E-state index is 0.325. The highest BCUT2D eigenvalue weighted by Gasteiger charge is 2.27. The molecule has 0 aromatic rings. The molecule has 1 aliphatic heterocycles. The Hall–Kier alpha value is -0.120. The summed E-state index contributed by atoms with van der Waals surface area (Å²) in [5, 5.41) is 3.57. The van der Waals surface area contributed by atoms with Gasteiger partial charge in [0.2, 0.25) is 0 Å². The first-order valence-electron chi connectivity index (χ1n) is 7.50. The molecule has 1 saturated heterocycles.